The van der Waals surface area contributed by atoms with Crippen LogP contribution in [-0.2, 0) is 16.1 Å². The smallest absolute Gasteiger partial charge is 0.252 e. The van der Waals surface area contributed by atoms with Crippen LogP contribution in [0.4, 0.5) is 5.82 Å². The topological polar surface area (TPSA) is 45.7 Å². The Morgan fingerprint density at radius 1 is 1.52 bits per heavy atom. The van der Waals surface area contributed by atoms with Gasteiger partial charge in [-0.25, -0.2) is 4.98 Å². The second kappa shape index (κ2) is 6.26. The van der Waals surface area contributed by atoms with Gasteiger partial charge in [0.05, 0.1) is 0 Å². The average Bonchev–Trinajstić information content (AvgIpc) is 2.98. The number of anilines is 1. The van der Waals surface area contributed by atoms with Gasteiger partial charge >= 0.3 is 0 Å². The zero-order valence-electron chi connectivity index (χ0n) is 12.2. The van der Waals surface area contributed by atoms with Gasteiger partial charge in [-0.1, -0.05) is 12.1 Å². The lowest BCUT2D eigenvalue weighted by molar-refractivity contribution is -0.141. The van der Waals surface area contributed by atoms with Crippen molar-refractivity contribution in [2.24, 2.45) is 0 Å². The molecule has 2 aliphatic heterocycles. The highest BCUT2D eigenvalue weighted by atomic mass is 16.5. The van der Waals surface area contributed by atoms with Gasteiger partial charge in [-0.3, -0.25) is 4.79 Å². The van der Waals surface area contributed by atoms with Crippen molar-refractivity contribution >= 4 is 11.7 Å². The van der Waals surface area contributed by atoms with E-state index in [4.69, 9.17) is 4.74 Å². The summed E-state index contributed by atoms with van der Waals surface area (Å²) >= 11 is 0. The van der Waals surface area contributed by atoms with Crippen LogP contribution in [0, 0.1) is 0 Å². The van der Waals surface area contributed by atoms with E-state index in [2.05, 4.69) is 16.5 Å². The van der Waals surface area contributed by atoms with Crippen LogP contribution in [-0.4, -0.2) is 48.1 Å². The van der Waals surface area contributed by atoms with Crippen molar-refractivity contribution in [1.29, 1.82) is 0 Å². The number of carbonyl (C=O) groups is 1. The molecule has 1 atom stereocenters. The first-order valence-corrected chi connectivity index (χ1v) is 7.49. The minimum atomic E-state index is -0.254. The van der Waals surface area contributed by atoms with Crippen molar-refractivity contribution in [2.45, 2.75) is 25.5 Å². The van der Waals surface area contributed by atoms with Crippen molar-refractivity contribution < 1.29 is 9.53 Å². The summed E-state index contributed by atoms with van der Waals surface area (Å²) in [6, 6.07) is 3.96. The van der Waals surface area contributed by atoms with Gasteiger partial charge in [0.15, 0.2) is 0 Å². The third kappa shape index (κ3) is 2.93. The number of ether oxygens (including phenoxy) is 1. The lowest BCUT2D eigenvalue weighted by Crippen LogP contribution is -2.41. The van der Waals surface area contributed by atoms with Crippen LogP contribution < -0.4 is 4.90 Å². The molecule has 1 aromatic rings. The van der Waals surface area contributed by atoms with Gasteiger partial charge in [0.25, 0.3) is 5.91 Å². The zero-order chi connectivity index (χ0) is 14.7. The number of amides is 1. The summed E-state index contributed by atoms with van der Waals surface area (Å²) in [7, 11) is 0. The summed E-state index contributed by atoms with van der Waals surface area (Å²) in [5, 5.41) is 0. The first-order valence-electron chi connectivity index (χ1n) is 7.49. The number of nitrogens with zero attached hydrogens (tertiary/aromatic N) is 3. The molecule has 1 amide bonds. The van der Waals surface area contributed by atoms with Crippen LogP contribution in [0.5, 0.6) is 0 Å². The number of rotatable bonds is 3. The lowest BCUT2D eigenvalue weighted by Gasteiger charge is -2.24. The molecule has 0 radical (unpaired) electrons. The number of hydrogen-bond donors (Lipinski definition) is 0. The summed E-state index contributed by atoms with van der Waals surface area (Å²) < 4.78 is 5.53. The highest BCUT2D eigenvalue weighted by Gasteiger charge is 2.30. The van der Waals surface area contributed by atoms with Gasteiger partial charge in [0.2, 0.25) is 0 Å². The molecule has 0 unspecified atom stereocenters. The molecule has 1 fully saturated rings. The molecule has 1 aromatic heterocycles. The fourth-order valence-corrected chi connectivity index (χ4v) is 2.97. The molecule has 0 N–H and O–H groups in total. The average molecular weight is 287 g/mol. The quantitative estimate of drug-likeness (QED) is 0.792. The Hall–Kier alpha value is -1.88. The van der Waals surface area contributed by atoms with E-state index in [0.29, 0.717) is 19.7 Å². The van der Waals surface area contributed by atoms with E-state index >= 15 is 0 Å². The van der Waals surface area contributed by atoms with E-state index in [9.17, 15) is 4.79 Å². The summed E-state index contributed by atoms with van der Waals surface area (Å²) in [4.78, 5) is 21.1. The molecule has 0 spiro atoms. The van der Waals surface area contributed by atoms with Crippen molar-refractivity contribution in [3.05, 3.63) is 36.5 Å². The molecule has 5 heteroatoms. The summed E-state index contributed by atoms with van der Waals surface area (Å²) in [6.45, 7) is 7.32. The van der Waals surface area contributed by atoms with Gasteiger partial charge in [0, 0.05) is 44.5 Å². The maximum Gasteiger partial charge on any atom is 0.252 e. The summed E-state index contributed by atoms with van der Waals surface area (Å²) in [5.41, 5.74) is 1.09. The molecule has 5 nitrogen and oxygen atoms in total. The Morgan fingerprint density at radius 2 is 2.43 bits per heavy atom. The number of carbonyl (C=O) groups excluding carboxylic acids is 1. The molecule has 112 valence electrons. The highest BCUT2D eigenvalue weighted by Crippen LogP contribution is 2.24. The number of fused-ring (bicyclic) bond motifs is 1. The molecule has 3 rings (SSSR count). The Labute approximate surface area is 125 Å². The molecule has 0 aromatic carbocycles. The molecule has 21 heavy (non-hydrogen) atoms. The fourth-order valence-electron chi connectivity index (χ4n) is 2.97. The third-order valence-corrected chi connectivity index (χ3v) is 4.03. The highest BCUT2D eigenvalue weighted by molar-refractivity contribution is 5.81. The number of hydrogen-bond acceptors (Lipinski definition) is 4. The van der Waals surface area contributed by atoms with Crippen molar-refractivity contribution in [3.8, 4) is 0 Å². The van der Waals surface area contributed by atoms with Gasteiger partial charge in [-0.15, -0.1) is 6.58 Å². The van der Waals surface area contributed by atoms with E-state index < -0.39 is 0 Å². The lowest BCUT2D eigenvalue weighted by atomic mass is 10.2. The monoisotopic (exact) mass is 287 g/mol. The molecule has 2 aliphatic rings. The third-order valence-electron chi connectivity index (χ3n) is 4.03. The minimum Gasteiger partial charge on any atom is -0.368 e. The Kier molecular flexibility index (Phi) is 4.20. The second-order valence-electron chi connectivity index (χ2n) is 5.48. The first kappa shape index (κ1) is 14.1. The fraction of sp³-hybridized carbons (Fsp3) is 0.500. The van der Waals surface area contributed by atoms with Crippen molar-refractivity contribution in [2.75, 3.05) is 31.1 Å². The Balaban J connectivity index is 1.81. The number of pyridine rings is 1. The Bertz CT molecular complexity index is 526. The number of aromatic nitrogens is 1. The predicted octanol–water partition coefficient (Wildman–Crippen LogP) is 1.60. The van der Waals surface area contributed by atoms with Crippen molar-refractivity contribution in [1.82, 2.24) is 9.88 Å². The minimum absolute atomic E-state index is 0.114. The van der Waals surface area contributed by atoms with Crippen LogP contribution >= 0.6 is 0 Å². The van der Waals surface area contributed by atoms with Gasteiger partial charge in [-0.05, 0) is 18.9 Å². The van der Waals surface area contributed by atoms with Crippen molar-refractivity contribution in [3.63, 3.8) is 0 Å². The SMILES string of the molecule is C=CCN1CCN(C(=O)[C@@H]2CCCO2)Cc2cccnc21. The molecule has 0 saturated carbocycles. The van der Waals surface area contributed by atoms with Gasteiger partial charge in [-0.2, -0.15) is 0 Å². The molecular weight excluding hydrogens is 266 g/mol. The van der Waals surface area contributed by atoms with Crippen LogP contribution in [0.2, 0.25) is 0 Å². The van der Waals surface area contributed by atoms with Gasteiger partial charge in [0.1, 0.15) is 11.9 Å². The molecular formula is C16H21N3O2. The predicted molar refractivity (Wildman–Crippen MR) is 81.0 cm³/mol. The second-order valence-corrected chi connectivity index (χ2v) is 5.48. The zero-order valence-corrected chi connectivity index (χ0v) is 12.2. The van der Waals surface area contributed by atoms with Crippen LogP contribution in [0.15, 0.2) is 31.0 Å². The van der Waals surface area contributed by atoms with Crippen LogP contribution in [0.3, 0.4) is 0 Å². The largest absolute Gasteiger partial charge is 0.368 e. The maximum absolute atomic E-state index is 12.6. The van der Waals surface area contributed by atoms with E-state index in [0.717, 1.165) is 37.3 Å². The normalized spacial score (nSPS) is 21.8. The maximum atomic E-state index is 12.6. The van der Waals surface area contributed by atoms with E-state index in [-0.39, 0.29) is 12.0 Å². The van der Waals surface area contributed by atoms with Crippen LogP contribution in [0.1, 0.15) is 18.4 Å². The standard InChI is InChI=1S/C16H21N3O2/c1-2-8-18-9-10-19(16(20)14-6-4-11-21-14)12-13-5-3-7-17-15(13)18/h2-3,5,7,14H,1,4,6,8-12H2/t14-/m0/s1. The van der Waals surface area contributed by atoms with E-state index in [1.165, 1.54) is 0 Å². The van der Waals surface area contributed by atoms with Gasteiger partial charge < -0.3 is 14.5 Å². The molecule has 0 bridgehead atoms. The molecule has 1 saturated heterocycles. The van der Waals surface area contributed by atoms with E-state index in [1.54, 1.807) is 6.20 Å². The summed E-state index contributed by atoms with van der Waals surface area (Å²) in [6.07, 6.45) is 5.23. The summed E-state index contributed by atoms with van der Waals surface area (Å²) in [5.74, 6) is 1.07. The molecule has 3 heterocycles. The Morgan fingerprint density at radius 3 is 3.19 bits per heavy atom. The molecule has 0 aliphatic carbocycles. The van der Waals surface area contributed by atoms with E-state index in [1.807, 2.05) is 23.1 Å². The first-order chi connectivity index (χ1) is 10.3. The van der Waals surface area contributed by atoms with Crippen LogP contribution in [0.25, 0.3) is 0 Å².